The number of nitriles is 1. The van der Waals surface area contributed by atoms with Crippen molar-refractivity contribution in [2.24, 2.45) is 0 Å². The summed E-state index contributed by atoms with van der Waals surface area (Å²) in [4.78, 5) is 11.9. The van der Waals surface area contributed by atoms with Crippen molar-refractivity contribution in [3.05, 3.63) is 53.6 Å². The first kappa shape index (κ1) is 14.4. The molecule has 0 aliphatic rings. The zero-order chi connectivity index (χ0) is 15.2. The van der Waals surface area contributed by atoms with Crippen LogP contribution < -0.4 is 15.8 Å². The van der Waals surface area contributed by atoms with Gasteiger partial charge in [0.1, 0.15) is 5.75 Å². The zero-order valence-corrected chi connectivity index (χ0v) is 11.6. The summed E-state index contributed by atoms with van der Waals surface area (Å²) in [6.07, 6.45) is 0. The highest BCUT2D eigenvalue weighted by Crippen LogP contribution is 2.20. The maximum atomic E-state index is 11.9. The zero-order valence-electron chi connectivity index (χ0n) is 11.6. The number of nitrogens with two attached hydrogens (primary N) is 1. The Balaban J connectivity index is 2.00. The van der Waals surface area contributed by atoms with Gasteiger partial charge in [0.15, 0.2) is 6.61 Å². The Morgan fingerprint density at radius 2 is 2.10 bits per heavy atom. The Morgan fingerprint density at radius 1 is 1.33 bits per heavy atom. The van der Waals surface area contributed by atoms with E-state index in [0.717, 1.165) is 5.56 Å². The average molecular weight is 281 g/mol. The lowest BCUT2D eigenvalue weighted by atomic mass is 10.1. The van der Waals surface area contributed by atoms with Crippen LogP contribution in [0.3, 0.4) is 0 Å². The van der Waals surface area contributed by atoms with Gasteiger partial charge in [-0.25, -0.2) is 0 Å². The lowest BCUT2D eigenvalue weighted by Gasteiger charge is -2.11. The van der Waals surface area contributed by atoms with Crippen LogP contribution in [0.4, 0.5) is 11.4 Å². The maximum Gasteiger partial charge on any atom is 0.262 e. The Bertz CT molecular complexity index is 705. The van der Waals surface area contributed by atoms with Crippen LogP contribution in [0.1, 0.15) is 11.1 Å². The molecule has 0 radical (unpaired) electrons. The molecule has 0 bridgehead atoms. The number of hydrogen-bond acceptors (Lipinski definition) is 4. The van der Waals surface area contributed by atoms with Gasteiger partial charge in [0.05, 0.1) is 17.3 Å². The third-order valence-electron chi connectivity index (χ3n) is 2.92. The molecule has 0 aliphatic heterocycles. The largest absolute Gasteiger partial charge is 0.482 e. The third kappa shape index (κ3) is 3.74. The topological polar surface area (TPSA) is 88.1 Å². The highest BCUT2D eigenvalue weighted by Gasteiger charge is 2.08. The van der Waals surface area contributed by atoms with E-state index in [-0.39, 0.29) is 12.5 Å². The van der Waals surface area contributed by atoms with E-state index >= 15 is 0 Å². The summed E-state index contributed by atoms with van der Waals surface area (Å²) >= 11 is 0. The maximum absolute atomic E-state index is 11.9. The number of anilines is 2. The van der Waals surface area contributed by atoms with Crippen LogP contribution in [0.15, 0.2) is 42.5 Å². The number of para-hydroxylation sites is 2. The molecule has 5 heteroatoms. The minimum absolute atomic E-state index is 0.148. The second-order valence-corrected chi connectivity index (χ2v) is 4.52. The number of nitrogens with one attached hydrogen (secondary N) is 1. The van der Waals surface area contributed by atoms with E-state index in [1.165, 1.54) is 0 Å². The summed E-state index contributed by atoms with van der Waals surface area (Å²) in [5, 5.41) is 11.6. The quantitative estimate of drug-likeness (QED) is 0.843. The van der Waals surface area contributed by atoms with Crippen molar-refractivity contribution in [2.75, 3.05) is 17.7 Å². The first-order valence-electron chi connectivity index (χ1n) is 6.38. The van der Waals surface area contributed by atoms with E-state index < -0.39 is 0 Å². The van der Waals surface area contributed by atoms with Crippen molar-refractivity contribution in [1.82, 2.24) is 0 Å². The molecule has 0 aromatic heterocycles. The number of aryl methyl sites for hydroxylation is 1. The smallest absolute Gasteiger partial charge is 0.262 e. The summed E-state index contributed by atoms with van der Waals surface area (Å²) in [5.41, 5.74) is 8.18. The van der Waals surface area contributed by atoms with E-state index in [4.69, 9.17) is 15.7 Å². The molecule has 5 nitrogen and oxygen atoms in total. The van der Waals surface area contributed by atoms with Crippen molar-refractivity contribution >= 4 is 17.3 Å². The lowest BCUT2D eigenvalue weighted by molar-refractivity contribution is -0.118. The molecule has 2 aromatic carbocycles. The van der Waals surface area contributed by atoms with Crippen molar-refractivity contribution in [3.63, 3.8) is 0 Å². The van der Waals surface area contributed by atoms with Crippen molar-refractivity contribution in [3.8, 4) is 11.8 Å². The van der Waals surface area contributed by atoms with Gasteiger partial charge in [0.2, 0.25) is 0 Å². The van der Waals surface area contributed by atoms with Gasteiger partial charge in [-0.3, -0.25) is 4.79 Å². The molecule has 2 rings (SSSR count). The Hall–Kier alpha value is -3.00. The Morgan fingerprint density at radius 3 is 2.81 bits per heavy atom. The van der Waals surface area contributed by atoms with Crippen LogP contribution in [0, 0.1) is 18.3 Å². The fraction of sp³-hybridized carbons (Fsp3) is 0.125. The number of nitrogen functional groups attached to an aromatic ring is 1. The molecule has 2 aromatic rings. The van der Waals surface area contributed by atoms with Crippen molar-refractivity contribution in [2.45, 2.75) is 6.92 Å². The summed E-state index contributed by atoms with van der Waals surface area (Å²) in [7, 11) is 0. The number of carbonyl (C=O) groups is 1. The number of ether oxygens (including phenoxy) is 1. The molecule has 0 atom stereocenters. The van der Waals surface area contributed by atoms with Gasteiger partial charge in [-0.1, -0.05) is 18.2 Å². The van der Waals surface area contributed by atoms with E-state index in [1.807, 2.05) is 13.0 Å². The average Bonchev–Trinajstić information content (AvgIpc) is 2.48. The van der Waals surface area contributed by atoms with Gasteiger partial charge in [0, 0.05) is 5.69 Å². The molecule has 0 unspecified atom stereocenters. The fourth-order valence-corrected chi connectivity index (χ4v) is 1.77. The van der Waals surface area contributed by atoms with Crippen LogP contribution in [-0.4, -0.2) is 12.5 Å². The molecule has 3 N–H and O–H groups in total. The minimum Gasteiger partial charge on any atom is -0.482 e. The summed E-state index contributed by atoms with van der Waals surface area (Å²) in [6.45, 7) is 1.71. The highest BCUT2D eigenvalue weighted by molar-refractivity contribution is 5.92. The van der Waals surface area contributed by atoms with E-state index in [0.29, 0.717) is 22.7 Å². The van der Waals surface area contributed by atoms with Gasteiger partial charge in [-0.05, 0) is 36.8 Å². The molecule has 21 heavy (non-hydrogen) atoms. The minimum atomic E-state index is -0.309. The molecule has 0 heterocycles. The van der Waals surface area contributed by atoms with E-state index in [9.17, 15) is 4.79 Å². The van der Waals surface area contributed by atoms with Crippen LogP contribution in [0.2, 0.25) is 0 Å². The predicted octanol–water partition coefficient (Wildman–Crippen LogP) is 2.47. The molecule has 0 fully saturated rings. The van der Waals surface area contributed by atoms with Crippen molar-refractivity contribution in [1.29, 1.82) is 5.26 Å². The monoisotopic (exact) mass is 281 g/mol. The predicted molar refractivity (Wildman–Crippen MR) is 80.9 cm³/mol. The fourth-order valence-electron chi connectivity index (χ4n) is 1.77. The molecular weight excluding hydrogens is 266 g/mol. The summed E-state index contributed by atoms with van der Waals surface area (Å²) < 4.78 is 5.37. The van der Waals surface area contributed by atoms with Gasteiger partial charge in [0.25, 0.3) is 5.91 Å². The van der Waals surface area contributed by atoms with Crippen LogP contribution in [0.5, 0.6) is 5.75 Å². The molecule has 106 valence electrons. The summed E-state index contributed by atoms with van der Waals surface area (Å²) in [5.74, 6) is 0.159. The molecule has 0 aliphatic carbocycles. The van der Waals surface area contributed by atoms with E-state index in [2.05, 4.69) is 5.32 Å². The van der Waals surface area contributed by atoms with Gasteiger partial charge >= 0.3 is 0 Å². The number of rotatable bonds is 4. The normalized spacial score (nSPS) is 9.71. The number of nitrogens with zero attached hydrogens (tertiary/aromatic N) is 1. The third-order valence-corrected chi connectivity index (χ3v) is 2.92. The summed E-state index contributed by atoms with van der Waals surface area (Å²) in [6, 6.07) is 14.1. The molecular formula is C16H15N3O2. The van der Waals surface area contributed by atoms with Gasteiger partial charge < -0.3 is 15.8 Å². The highest BCUT2D eigenvalue weighted by atomic mass is 16.5. The molecule has 0 saturated heterocycles. The van der Waals surface area contributed by atoms with Crippen LogP contribution >= 0.6 is 0 Å². The Kier molecular flexibility index (Phi) is 4.42. The second-order valence-electron chi connectivity index (χ2n) is 4.52. The molecule has 1 amide bonds. The number of carbonyl (C=O) groups excluding carboxylic acids is 1. The van der Waals surface area contributed by atoms with Crippen LogP contribution in [0.25, 0.3) is 0 Å². The second kappa shape index (κ2) is 6.44. The van der Waals surface area contributed by atoms with Crippen molar-refractivity contribution < 1.29 is 9.53 Å². The lowest BCUT2D eigenvalue weighted by Crippen LogP contribution is -2.21. The first-order valence-corrected chi connectivity index (χ1v) is 6.38. The number of hydrogen-bond donors (Lipinski definition) is 2. The molecule has 0 spiro atoms. The number of amides is 1. The van der Waals surface area contributed by atoms with Crippen LogP contribution in [-0.2, 0) is 4.79 Å². The standard InChI is InChI=1S/C16H15N3O2/c1-11-6-7-12(9-17)8-14(11)19-16(20)10-21-15-5-3-2-4-13(15)18/h2-8H,10,18H2,1H3,(H,19,20). The Labute approximate surface area is 123 Å². The van der Waals surface area contributed by atoms with Gasteiger partial charge in [-0.2, -0.15) is 5.26 Å². The molecule has 0 saturated carbocycles. The van der Waals surface area contributed by atoms with E-state index in [1.54, 1.807) is 42.5 Å². The first-order chi connectivity index (χ1) is 10.1. The SMILES string of the molecule is Cc1ccc(C#N)cc1NC(=O)COc1ccccc1N. The van der Waals surface area contributed by atoms with Gasteiger partial charge in [-0.15, -0.1) is 0 Å². The number of benzene rings is 2.